The van der Waals surface area contributed by atoms with E-state index in [4.69, 9.17) is 0 Å². The largest absolute Gasteiger partial charge is 0.301 e. The van der Waals surface area contributed by atoms with Gasteiger partial charge >= 0.3 is 0 Å². The van der Waals surface area contributed by atoms with Crippen LogP contribution in [0, 0.1) is 5.82 Å². The summed E-state index contributed by atoms with van der Waals surface area (Å²) in [5, 5.41) is 3.42. The molecule has 1 aromatic carbocycles. The van der Waals surface area contributed by atoms with E-state index in [2.05, 4.69) is 10.3 Å². The number of carbonyl (C=O) groups is 1. The average Bonchev–Trinajstić information content (AvgIpc) is 2.82. The lowest BCUT2D eigenvalue weighted by molar-refractivity contribution is -0.115. The Morgan fingerprint density at radius 2 is 2.00 bits per heavy atom. The van der Waals surface area contributed by atoms with E-state index >= 15 is 0 Å². The topological polar surface area (TPSA) is 41.5 Å². The number of nitrogens with one attached hydrogen (secondary N) is 1. The Labute approximate surface area is 127 Å². The molecule has 1 saturated heterocycles. The predicted molar refractivity (Wildman–Crippen MR) is 84.4 cm³/mol. The minimum absolute atomic E-state index is 0.196. The van der Waals surface area contributed by atoms with Crippen LogP contribution in [-0.4, -0.2) is 17.1 Å². The number of halogens is 1. The fourth-order valence-electron chi connectivity index (χ4n) is 2.60. The molecule has 1 aliphatic heterocycles. The highest BCUT2D eigenvalue weighted by Crippen LogP contribution is 2.29. The zero-order valence-electron chi connectivity index (χ0n) is 11.6. The number of aliphatic imine (C=N–C) groups is 1. The van der Waals surface area contributed by atoms with Crippen LogP contribution in [0.5, 0.6) is 0 Å². The molecule has 1 aliphatic carbocycles. The minimum Gasteiger partial charge on any atom is -0.301 e. The molecule has 0 radical (unpaired) electrons. The number of rotatable bonds is 2. The molecule has 1 aromatic rings. The molecule has 2 fully saturated rings. The number of amidine groups is 1. The predicted octanol–water partition coefficient (Wildman–Crippen LogP) is 3.72. The van der Waals surface area contributed by atoms with E-state index < -0.39 is 0 Å². The van der Waals surface area contributed by atoms with Crippen molar-refractivity contribution in [2.45, 2.75) is 38.1 Å². The summed E-state index contributed by atoms with van der Waals surface area (Å²) >= 11 is 1.30. The van der Waals surface area contributed by atoms with Crippen LogP contribution < -0.4 is 5.32 Å². The summed E-state index contributed by atoms with van der Waals surface area (Å²) in [6, 6.07) is 6.75. The van der Waals surface area contributed by atoms with Crippen LogP contribution in [0.15, 0.2) is 34.2 Å². The van der Waals surface area contributed by atoms with Crippen molar-refractivity contribution >= 4 is 28.9 Å². The van der Waals surface area contributed by atoms with Crippen molar-refractivity contribution in [1.82, 2.24) is 5.32 Å². The number of hydrogen-bond donors (Lipinski definition) is 1. The molecule has 0 aromatic heterocycles. The lowest BCUT2D eigenvalue weighted by Gasteiger charge is -2.17. The van der Waals surface area contributed by atoms with Gasteiger partial charge in [0.1, 0.15) is 5.82 Å². The van der Waals surface area contributed by atoms with Crippen LogP contribution in [-0.2, 0) is 4.79 Å². The molecule has 0 spiro atoms. The highest BCUT2D eigenvalue weighted by Gasteiger charge is 2.25. The van der Waals surface area contributed by atoms with Crippen molar-refractivity contribution in [3.8, 4) is 0 Å². The molecule has 3 rings (SSSR count). The van der Waals surface area contributed by atoms with Crippen LogP contribution in [0.4, 0.5) is 4.39 Å². The number of nitrogens with zero attached hydrogens (tertiary/aromatic N) is 1. The summed E-state index contributed by atoms with van der Waals surface area (Å²) in [5.74, 6) is -0.520. The van der Waals surface area contributed by atoms with Gasteiger partial charge in [0, 0.05) is 5.56 Å². The van der Waals surface area contributed by atoms with E-state index in [9.17, 15) is 9.18 Å². The number of amides is 1. The molecule has 1 amide bonds. The highest BCUT2D eigenvalue weighted by atomic mass is 32.2. The molecule has 110 valence electrons. The van der Waals surface area contributed by atoms with E-state index in [0.29, 0.717) is 21.7 Å². The molecule has 0 bridgehead atoms. The summed E-state index contributed by atoms with van der Waals surface area (Å²) in [6.45, 7) is 0. The highest BCUT2D eigenvalue weighted by molar-refractivity contribution is 8.18. The zero-order chi connectivity index (χ0) is 14.7. The first-order valence-corrected chi connectivity index (χ1v) is 8.07. The van der Waals surface area contributed by atoms with Crippen LogP contribution in [0.3, 0.4) is 0 Å². The fourth-order valence-corrected chi connectivity index (χ4v) is 3.48. The van der Waals surface area contributed by atoms with Gasteiger partial charge in [-0.25, -0.2) is 4.39 Å². The van der Waals surface area contributed by atoms with Gasteiger partial charge < -0.3 is 5.32 Å². The van der Waals surface area contributed by atoms with E-state index in [1.165, 1.54) is 37.1 Å². The van der Waals surface area contributed by atoms with Crippen LogP contribution >= 0.6 is 11.8 Å². The Balaban J connectivity index is 1.75. The average molecular weight is 304 g/mol. The Morgan fingerprint density at radius 1 is 1.24 bits per heavy atom. The Morgan fingerprint density at radius 3 is 2.76 bits per heavy atom. The van der Waals surface area contributed by atoms with Crippen molar-refractivity contribution in [3.63, 3.8) is 0 Å². The molecule has 2 aliphatic rings. The summed E-state index contributed by atoms with van der Waals surface area (Å²) in [7, 11) is 0. The van der Waals surface area contributed by atoms with Crippen LogP contribution in [0.2, 0.25) is 0 Å². The molecule has 1 saturated carbocycles. The molecule has 3 nitrogen and oxygen atoms in total. The summed E-state index contributed by atoms with van der Waals surface area (Å²) in [4.78, 5) is 17.0. The van der Waals surface area contributed by atoms with Gasteiger partial charge in [-0.2, -0.15) is 0 Å². The maximum atomic E-state index is 13.6. The zero-order valence-corrected chi connectivity index (χ0v) is 12.5. The summed E-state index contributed by atoms with van der Waals surface area (Å²) < 4.78 is 13.6. The second-order valence-corrected chi connectivity index (χ2v) is 6.34. The van der Waals surface area contributed by atoms with Gasteiger partial charge in [0.15, 0.2) is 5.17 Å². The first-order chi connectivity index (χ1) is 10.2. The lowest BCUT2D eigenvalue weighted by atomic mass is 9.96. The Kier molecular flexibility index (Phi) is 4.39. The summed E-state index contributed by atoms with van der Waals surface area (Å²) in [6.07, 6.45) is 7.45. The number of hydrogen-bond acceptors (Lipinski definition) is 3. The third kappa shape index (κ3) is 3.53. The Hall–Kier alpha value is -1.62. The number of benzene rings is 1. The standard InChI is InChI=1S/C16H17FN2OS/c17-13-9-5-4-6-11(13)10-14-15(20)19-16(21-14)18-12-7-2-1-3-8-12/h4-6,9-10,12H,1-3,7-8H2,(H,18,19,20)/b14-10-. The second-order valence-electron chi connectivity index (χ2n) is 5.31. The van der Waals surface area contributed by atoms with Gasteiger partial charge in [0.05, 0.1) is 10.9 Å². The van der Waals surface area contributed by atoms with Gasteiger partial charge in [-0.1, -0.05) is 37.5 Å². The first kappa shape index (κ1) is 14.3. The quantitative estimate of drug-likeness (QED) is 0.846. The van der Waals surface area contributed by atoms with E-state index in [0.717, 1.165) is 12.8 Å². The van der Waals surface area contributed by atoms with Gasteiger partial charge in [-0.15, -0.1) is 0 Å². The summed E-state index contributed by atoms with van der Waals surface area (Å²) in [5.41, 5.74) is 0.425. The smallest absolute Gasteiger partial charge is 0.264 e. The van der Waals surface area contributed by atoms with Crippen LogP contribution in [0.1, 0.15) is 37.7 Å². The molecular formula is C16H17FN2OS. The van der Waals surface area contributed by atoms with E-state index in [-0.39, 0.29) is 11.7 Å². The molecule has 21 heavy (non-hydrogen) atoms. The van der Waals surface area contributed by atoms with Crippen molar-refractivity contribution in [3.05, 3.63) is 40.6 Å². The lowest BCUT2D eigenvalue weighted by Crippen LogP contribution is -2.22. The van der Waals surface area contributed by atoms with Gasteiger partial charge in [-0.05, 0) is 36.7 Å². The maximum absolute atomic E-state index is 13.6. The molecule has 5 heteroatoms. The van der Waals surface area contributed by atoms with Crippen LogP contribution in [0.25, 0.3) is 6.08 Å². The van der Waals surface area contributed by atoms with E-state index in [1.54, 1.807) is 24.3 Å². The molecule has 1 N–H and O–H groups in total. The molecular weight excluding hydrogens is 287 g/mol. The van der Waals surface area contributed by atoms with Crippen molar-refractivity contribution in [1.29, 1.82) is 0 Å². The van der Waals surface area contributed by atoms with Gasteiger partial charge in [0.25, 0.3) is 5.91 Å². The third-order valence-electron chi connectivity index (χ3n) is 3.72. The second kappa shape index (κ2) is 6.43. The monoisotopic (exact) mass is 304 g/mol. The van der Waals surface area contributed by atoms with Gasteiger partial charge in [0.2, 0.25) is 0 Å². The molecule has 0 atom stereocenters. The maximum Gasteiger partial charge on any atom is 0.264 e. The number of thioether (sulfide) groups is 1. The van der Waals surface area contributed by atoms with Crippen molar-refractivity contribution in [2.75, 3.05) is 0 Å². The minimum atomic E-state index is -0.323. The fraction of sp³-hybridized carbons (Fsp3) is 0.375. The normalized spacial score (nSPS) is 23.8. The first-order valence-electron chi connectivity index (χ1n) is 7.25. The SMILES string of the molecule is O=C1NC(=NC2CCCCC2)S/C1=C\c1ccccc1F. The van der Waals surface area contributed by atoms with E-state index in [1.807, 2.05) is 0 Å². The molecule has 0 unspecified atom stereocenters. The van der Waals surface area contributed by atoms with Crippen molar-refractivity contribution in [2.24, 2.45) is 4.99 Å². The molecule has 1 heterocycles. The Bertz CT molecular complexity index is 606. The van der Waals surface area contributed by atoms with Gasteiger partial charge in [-0.3, -0.25) is 9.79 Å². The number of carbonyl (C=O) groups excluding carboxylic acids is 1. The third-order valence-corrected chi connectivity index (χ3v) is 4.64. The van der Waals surface area contributed by atoms with Crippen molar-refractivity contribution < 1.29 is 9.18 Å².